The van der Waals surface area contributed by atoms with Gasteiger partial charge in [0.15, 0.2) is 5.78 Å². The quantitative estimate of drug-likeness (QED) is 0.591. The number of rotatable bonds is 9. The largest absolute Gasteiger partial charge is 0.481 e. The molecule has 2 rings (SSSR count). The zero-order valence-corrected chi connectivity index (χ0v) is 15.5. The van der Waals surface area contributed by atoms with Crippen LogP contribution in [0.15, 0.2) is 30.3 Å². The van der Waals surface area contributed by atoms with E-state index in [2.05, 4.69) is 0 Å². The van der Waals surface area contributed by atoms with Gasteiger partial charge in [0.25, 0.3) is 0 Å². The van der Waals surface area contributed by atoms with Crippen molar-refractivity contribution < 1.29 is 33.0 Å². The number of aliphatic hydroxyl groups excluding tert-OH is 1. The number of unbranched alkanes of at least 4 members (excludes halogenated alkanes) is 3. The van der Waals surface area contributed by atoms with Gasteiger partial charge < -0.3 is 10.2 Å². The van der Waals surface area contributed by atoms with Gasteiger partial charge in [-0.25, -0.2) is 0 Å². The molecule has 0 unspecified atom stereocenters. The SMILES string of the molecule is O=C(O)CCCCCC[C@H]1C(=O)[C@H](O)C[C@@H]1C=Cc1ccccc1C(F)(F)F. The first-order valence-electron chi connectivity index (χ1n) is 9.48. The van der Waals surface area contributed by atoms with E-state index in [1.54, 1.807) is 6.08 Å². The molecule has 0 bridgehead atoms. The first-order valence-corrected chi connectivity index (χ1v) is 9.48. The van der Waals surface area contributed by atoms with Crippen molar-refractivity contribution in [1.29, 1.82) is 0 Å². The Kier molecular flexibility index (Phi) is 7.80. The third-order valence-electron chi connectivity index (χ3n) is 5.15. The van der Waals surface area contributed by atoms with Gasteiger partial charge in [0.1, 0.15) is 6.10 Å². The van der Waals surface area contributed by atoms with Gasteiger partial charge in [0, 0.05) is 12.3 Å². The lowest BCUT2D eigenvalue weighted by Gasteiger charge is -2.15. The molecule has 1 aromatic carbocycles. The lowest BCUT2D eigenvalue weighted by atomic mass is 9.89. The first-order chi connectivity index (χ1) is 13.2. The highest BCUT2D eigenvalue weighted by atomic mass is 19.4. The molecule has 3 atom stereocenters. The minimum Gasteiger partial charge on any atom is -0.481 e. The fourth-order valence-electron chi connectivity index (χ4n) is 3.69. The summed E-state index contributed by atoms with van der Waals surface area (Å²) in [7, 11) is 0. The number of carbonyl (C=O) groups excluding carboxylic acids is 1. The van der Waals surface area contributed by atoms with Crippen LogP contribution in [0.3, 0.4) is 0 Å². The Balaban J connectivity index is 1.98. The molecule has 0 amide bonds. The second-order valence-corrected chi connectivity index (χ2v) is 7.21. The van der Waals surface area contributed by atoms with E-state index in [0.717, 1.165) is 18.9 Å². The van der Waals surface area contributed by atoms with Crippen molar-refractivity contribution in [3.05, 3.63) is 41.5 Å². The second kappa shape index (κ2) is 9.87. The van der Waals surface area contributed by atoms with Crippen molar-refractivity contribution in [3.8, 4) is 0 Å². The summed E-state index contributed by atoms with van der Waals surface area (Å²) < 4.78 is 39.3. The van der Waals surface area contributed by atoms with Crippen LogP contribution in [0.5, 0.6) is 0 Å². The number of carboxylic acid groups (broad SMARTS) is 1. The van der Waals surface area contributed by atoms with Gasteiger partial charge in [0.05, 0.1) is 5.56 Å². The fraction of sp³-hybridized carbons (Fsp3) is 0.524. The van der Waals surface area contributed by atoms with E-state index in [0.29, 0.717) is 19.3 Å². The highest BCUT2D eigenvalue weighted by molar-refractivity contribution is 5.88. The number of benzene rings is 1. The Bertz CT molecular complexity index is 712. The molecule has 1 aromatic rings. The molecule has 1 fully saturated rings. The maximum Gasteiger partial charge on any atom is 0.416 e. The lowest BCUT2D eigenvalue weighted by molar-refractivity contribution is -0.138. The number of halogens is 3. The predicted molar refractivity (Wildman–Crippen MR) is 98.4 cm³/mol. The molecule has 1 aliphatic carbocycles. The van der Waals surface area contributed by atoms with E-state index in [1.165, 1.54) is 24.3 Å². The van der Waals surface area contributed by atoms with E-state index in [4.69, 9.17) is 5.11 Å². The van der Waals surface area contributed by atoms with Gasteiger partial charge in [-0.15, -0.1) is 0 Å². The summed E-state index contributed by atoms with van der Waals surface area (Å²) in [5, 5.41) is 18.5. The second-order valence-electron chi connectivity index (χ2n) is 7.21. The number of ketones is 1. The summed E-state index contributed by atoms with van der Waals surface area (Å²) >= 11 is 0. The Morgan fingerprint density at radius 2 is 1.82 bits per heavy atom. The van der Waals surface area contributed by atoms with Gasteiger partial charge in [0.2, 0.25) is 0 Å². The number of hydrogen-bond donors (Lipinski definition) is 2. The van der Waals surface area contributed by atoms with Crippen LogP contribution in [0.1, 0.15) is 56.1 Å². The minimum atomic E-state index is -4.46. The molecule has 28 heavy (non-hydrogen) atoms. The maximum atomic E-state index is 13.1. The first kappa shape index (κ1) is 22.1. The number of Topliss-reactive ketones (excluding diaryl/α,β-unsaturated/α-hetero) is 1. The van der Waals surface area contributed by atoms with Crippen LogP contribution in [-0.4, -0.2) is 28.1 Å². The molecular formula is C21H25F3O4. The van der Waals surface area contributed by atoms with Crippen LogP contribution in [0, 0.1) is 11.8 Å². The summed E-state index contributed by atoms with van der Waals surface area (Å²) in [6, 6.07) is 5.25. The van der Waals surface area contributed by atoms with Crippen LogP contribution in [-0.2, 0) is 15.8 Å². The molecule has 2 N–H and O–H groups in total. The number of aliphatic hydroxyl groups is 1. The number of carbonyl (C=O) groups is 2. The van der Waals surface area contributed by atoms with E-state index in [1.807, 2.05) is 0 Å². The molecule has 0 radical (unpaired) electrons. The lowest BCUT2D eigenvalue weighted by Crippen LogP contribution is -2.19. The third-order valence-corrected chi connectivity index (χ3v) is 5.15. The van der Waals surface area contributed by atoms with E-state index in [9.17, 15) is 27.9 Å². The van der Waals surface area contributed by atoms with Crippen LogP contribution in [0.4, 0.5) is 13.2 Å². The Morgan fingerprint density at radius 3 is 2.50 bits per heavy atom. The summed E-state index contributed by atoms with van der Waals surface area (Å²) in [4.78, 5) is 22.7. The van der Waals surface area contributed by atoms with Crippen molar-refractivity contribution in [2.45, 2.75) is 57.2 Å². The molecule has 0 aliphatic heterocycles. The van der Waals surface area contributed by atoms with Crippen LogP contribution < -0.4 is 0 Å². The third kappa shape index (κ3) is 6.19. The Hall–Kier alpha value is -2.15. The van der Waals surface area contributed by atoms with E-state index < -0.39 is 29.7 Å². The van der Waals surface area contributed by atoms with Gasteiger partial charge >= 0.3 is 12.1 Å². The molecule has 1 saturated carbocycles. The number of hydrogen-bond acceptors (Lipinski definition) is 3. The normalized spacial score (nSPS) is 22.9. The molecular weight excluding hydrogens is 373 g/mol. The van der Waals surface area contributed by atoms with Crippen molar-refractivity contribution in [2.75, 3.05) is 0 Å². The summed E-state index contributed by atoms with van der Waals surface area (Å²) in [6.07, 6.45) is 1.14. The highest BCUT2D eigenvalue weighted by Gasteiger charge is 2.39. The van der Waals surface area contributed by atoms with Crippen LogP contribution in [0.25, 0.3) is 6.08 Å². The van der Waals surface area contributed by atoms with Gasteiger partial charge in [-0.1, -0.05) is 49.6 Å². The summed E-state index contributed by atoms with van der Waals surface area (Å²) in [6.45, 7) is 0. The van der Waals surface area contributed by atoms with Crippen molar-refractivity contribution >= 4 is 17.8 Å². The molecule has 0 aromatic heterocycles. The zero-order chi connectivity index (χ0) is 20.7. The van der Waals surface area contributed by atoms with E-state index in [-0.39, 0.29) is 30.1 Å². The number of aliphatic carboxylic acids is 1. The summed E-state index contributed by atoms with van der Waals surface area (Å²) in [5.74, 6) is -1.81. The van der Waals surface area contributed by atoms with Gasteiger partial charge in [-0.2, -0.15) is 13.2 Å². The molecule has 7 heteroatoms. The smallest absolute Gasteiger partial charge is 0.416 e. The topological polar surface area (TPSA) is 74.6 Å². The molecule has 0 saturated heterocycles. The van der Waals surface area contributed by atoms with Gasteiger partial charge in [-0.05, 0) is 36.8 Å². The molecule has 0 spiro atoms. The van der Waals surface area contributed by atoms with Crippen molar-refractivity contribution in [2.24, 2.45) is 11.8 Å². The standard InChI is InChI=1S/C21H25F3O4/c22-21(23,24)17-9-6-5-7-14(17)11-12-15-13-18(25)20(28)16(15)8-3-1-2-4-10-19(26)27/h5-7,9,11-12,15-16,18,25H,1-4,8,10,13H2,(H,26,27)/t15-,16+,18+/m0/s1. The Labute approximate surface area is 162 Å². The molecule has 154 valence electrons. The zero-order valence-electron chi connectivity index (χ0n) is 15.5. The van der Waals surface area contributed by atoms with Gasteiger partial charge in [-0.3, -0.25) is 9.59 Å². The van der Waals surface area contributed by atoms with Crippen LogP contribution >= 0.6 is 0 Å². The van der Waals surface area contributed by atoms with Crippen molar-refractivity contribution in [3.63, 3.8) is 0 Å². The Morgan fingerprint density at radius 1 is 1.14 bits per heavy atom. The molecule has 1 aliphatic rings. The monoisotopic (exact) mass is 398 g/mol. The van der Waals surface area contributed by atoms with Crippen LogP contribution in [0.2, 0.25) is 0 Å². The predicted octanol–water partition coefficient (Wildman–Crippen LogP) is 4.71. The fourth-order valence-corrected chi connectivity index (χ4v) is 3.69. The maximum absolute atomic E-state index is 13.1. The van der Waals surface area contributed by atoms with Crippen molar-refractivity contribution in [1.82, 2.24) is 0 Å². The highest BCUT2D eigenvalue weighted by Crippen LogP contribution is 2.36. The number of carboxylic acids is 1. The minimum absolute atomic E-state index is 0.0382. The summed E-state index contributed by atoms with van der Waals surface area (Å²) in [5.41, 5.74) is -0.692. The average molecular weight is 398 g/mol. The molecule has 4 nitrogen and oxygen atoms in total. The molecule has 0 heterocycles. The average Bonchev–Trinajstić information content (AvgIpc) is 2.89. The number of allylic oxidation sites excluding steroid dienone is 1. The van der Waals surface area contributed by atoms with E-state index >= 15 is 0 Å². The number of alkyl halides is 3.